The van der Waals surface area contributed by atoms with E-state index in [1.807, 2.05) is 0 Å². The molecule has 2 rings (SSSR count). The van der Waals surface area contributed by atoms with E-state index in [4.69, 9.17) is 0 Å². The van der Waals surface area contributed by atoms with E-state index in [0.717, 1.165) is 25.9 Å². The van der Waals surface area contributed by atoms with Crippen LogP contribution in [0.25, 0.3) is 0 Å². The molecule has 1 aromatic rings. The lowest BCUT2D eigenvalue weighted by Gasteiger charge is -2.27. The second-order valence-electron chi connectivity index (χ2n) is 5.50. The van der Waals surface area contributed by atoms with Crippen molar-refractivity contribution in [2.24, 2.45) is 0 Å². The second kappa shape index (κ2) is 6.43. The van der Waals surface area contributed by atoms with Crippen molar-refractivity contribution in [3.05, 3.63) is 11.3 Å². The molecule has 8 heteroatoms. The number of likely N-dealkylation sites (N-methyl/N-ethyl adjacent to an activating group) is 2. The number of likely N-dealkylation sites (tertiary alicyclic amines) is 1. The zero-order valence-corrected chi connectivity index (χ0v) is 13.7. The van der Waals surface area contributed by atoms with Crippen molar-refractivity contribution in [2.45, 2.75) is 44.4 Å². The van der Waals surface area contributed by atoms with Crippen molar-refractivity contribution < 1.29 is 13.5 Å². The summed E-state index contributed by atoms with van der Waals surface area (Å²) >= 11 is 0. The van der Waals surface area contributed by atoms with Crippen molar-refractivity contribution in [1.82, 2.24) is 19.4 Å². The Hall–Kier alpha value is -0.960. The third-order valence-corrected chi connectivity index (χ3v) is 6.02. The van der Waals surface area contributed by atoms with Gasteiger partial charge in [0.15, 0.2) is 5.03 Å². The Bertz CT molecular complexity index is 584. The Morgan fingerprint density at radius 1 is 1.52 bits per heavy atom. The molecule has 0 aromatic carbocycles. The molecule has 2 heterocycles. The minimum atomic E-state index is -3.68. The van der Waals surface area contributed by atoms with Gasteiger partial charge in [0, 0.05) is 30.9 Å². The van der Waals surface area contributed by atoms with Gasteiger partial charge in [-0.2, -0.15) is 9.40 Å². The highest BCUT2D eigenvalue weighted by molar-refractivity contribution is 7.89. The van der Waals surface area contributed by atoms with Gasteiger partial charge in [-0.25, -0.2) is 8.42 Å². The van der Waals surface area contributed by atoms with Crippen molar-refractivity contribution in [2.75, 3.05) is 26.7 Å². The molecule has 1 aliphatic heterocycles. The van der Waals surface area contributed by atoms with Crippen LogP contribution in [0, 0.1) is 6.92 Å². The lowest BCUT2D eigenvalue weighted by Crippen LogP contribution is -2.41. The van der Waals surface area contributed by atoms with Crippen molar-refractivity contribution >= 4 is 10.0 Å². The number of rotatable bonds is 6. The second-order valence-corrected chi connectivity index (χ2v) is 7.46. The largest absolute Gasteiger partial charge is 0.392 e. The highest BCUT2D eigenvalue weighted by Gasteiger charge is 2.32. The Kier molecular flexibility index (Phi) is 5.03. The number of nitrogens with one attached hydrogen (secondary N) is 1. The van der Waals surface area contributed by atoms with Gasteiger partial charge in [0.2, 0.25) is 0 Å². The molecule has 1 aliphatic rings. The van der Waals surface area contributed by atoms with Gasteiger partial charge in [0.1, 0.15) is 0 Å². The first kappa shape index (κ1) is 16.4. The highest BCUT2D eigenvalue weighted by atomic mass is 32.2. The Morgan fingerprint density at radius 2 is 2.24 bits per heavy atom. The first-order valence-electron chi connectivity index (χ1n) is 7.26. The molecule has 1 atom stereocenters. The van der Waals surface area contributed by atoms with Crippen LogP contribution in [-0.4, -0.2) is 65.7 Å². The summed E-state index contributed by atoms with van der Waals surface area (Å²) < 4.78 is 26.6. The van der Waals surface area contributed by atoms with E-state index >= 15 is 0 Å². The van der Waals surface area contributed by atoms with Crippen LogP contribution >= 0.6 is 0 Å². The minimum Gasteiger partial charge on any atom is -0.392 e. The number of aliphatic hydroxyl groups is 1. The van der Waals surface area contributed by atoms with Gasteiger partial charge in [0.25, 0.3) is 10.0 Å². The molecule has 0 spiro atoms. The number of hydrogen-bond acceptors (Lipinski definition) is 5. The predicted octanol–water partition coefficient (Wildman–Crippen LogP) is 0.315. The molecule has 120 valence electrons. The lowest BCUT2D eigenvalue weighted by atomic mass is 10.2. The smallest absolute Gasteiger partial charge is 0.262 e. The number of aromatic amines is 1. The molecule has 0 aliphatic carbocycles. The third kappa shape index (κ3) is 3.13. The van der Waals surface area contributed by atoms with E-state index in [9.17, 15) is 13.5 Å². The molecule has 0 amide bonds. The van der Waals surface area contributed by atoms with E-state index < -0.39 is 10.0 Å². The first-order valence-corrected chi connectivity index (χ1v) is 8.70. The van der Waals surface area contributed by atoms with Gasteiger partial charge >= 0.3 is 0 Å². The fourth-order valence-corrected chi connectivity index (χ4v) is 4.24. The molecule has 0 saturated carbocycles. The number of nitrogens with zero attached hydrogens (tertiary/aromatic N) is 3. The molecule has 0 bridgehead atoms. The van der Waals surface area contributed by atoms with Gasteiger partial charge in [-0.3, -0.25) is 10.00 Å². The van der Waals surface area contributed by atoms with Crippen LogP contribution in [0.4, 0.5) is 0 Å². The summed E-state index contributed by atoms with van der Waals surface area (Å²) in [6.07, 6.45) is 2.12. The van der Waals surface area contributed by atoms with Crippen LogP contribution in [0.1, 0.15) is 31.0 Å². The summed E-state index contributed by atoms with van der Waals surface area (Å²) in [7, 11) is -2.10. The van der Waals surface area contributed by atoms with Gasteiger partial charge < -0.3 is 5.11 Å². The van der Waals surface area contributed by atoms with E-state index in [-0.39, 0.29) is 17.7 Å². The molecule has 1 aromatic heterocycles. The SMILES string of the molecule is CCN1CCCC1CN(C)S(=O)(=O)c1n[nH]c(C)c1CO. The Labute approximate surface area is 126 Å². The zero-order valence-electron chi connectivity index (χ0n) is 12.8. The number of aromatic nitrogens is 2. The van der Waals surface area contributed by atoms with E-state index in [0.29, 0.717) is 17.8 Å². The normalized spacial score (nSPS) is 20.5. The van der Waals surface area contributed by atoms with E-state index in [1.54, 1.807) is 14.0 Å². The van der Waals surface area contributed by atoms with Gasteiger partial charge in [-0.05, 0) is 32.9 Å². The molecule has 1 fully saturated rings. The fraction of sp³-hybridized carbons (Fsp3) is 0.769. The Balaban J connectivity index is 2.19. The summed E-state index contributed by atoms with van der Waals surface area (Å²) in [5, 5.41) is 15.8. The average Bonchev–Trinajstić information content (AvgIpc) is 3.04. The fourth-order valence-electron chi connectivity index (χ4n) is 2.89. The van der Waals surface area contributed by atoms with Gasteiger partial charge in [0.05, 0.1) is 6.61 Å². The van der Waals surface area contributed by atoms with Crippen LogP contribution in [0.2, 0.25) is 0 Å². The van der Waals surface area contributed by atoms with E-state index in [1.165, 1.54) is 4.31 Å². The molecule has 7 nitrogen and oxygen atoms in total. The number of sulfonamides is 1. The number of H-pyrrole nitrogens is 1. The topological polar surface area (TPSA) is 89.5 Å². The molecule has 1 unspecified atom stereocenters. The maximum Gasteiger partial charge on any atom is 0.262 e. The highest BCUT2D eigenvalue weighted by Crippen LogP contribution is 2.23. The van der Waals surface area contributed by atoms with Crippen LogP contribution in [0.15, 0.2) is 5.03 Å². The maximum atomic E-state index is 12.6. The monoisotopic (exact) mass is 316 g/mol. The molecule has 0 radical (unpaired) electrons. The van der Waals surface area contributed by atoms with E-state index in [2.05, 4.69) is 22.0 Å². The first-order chi connectivity index (χ1) is 9.91. The van der Waals surface area contributed by atoms with Crippen LogP contribution < -0.4 is 0 Å². The van der Waals surface area contributed by atoms with Crippen LogP contribution in [-0.2, 0) is 16.6 Å². The quantitative estimate of drug-likeness (QED) is 0.789. The lowest BCUT2D eigenvalue weighted by molar-refractivity contribution is 0.237. The van der Waals surface area contributed by atoms with Crippen molar-refractivity contribution in [3.63, 3.8) is 0 Å². The number of aliphatic hydroxyl groups excluding tert-OH is 1. The summed E-state index contributed by atoms with van der Waals surface area (Å²) in [5.41, 5.74) is 0.932. The minimum absolute atomic E-state index is 0.0638. The average molecular weight is 316 g/mol. The summed E-state index contributed by atoms with van der Waals surface area (Å²) in [5.74, 6) is 0. The predicted molar refractivity (Wildman–Crippen MR) is 79.3 cm³/mol. The summed E-state index contributed by atoms with van der Waals surface area (Å²) in [6, 6.07) is 0.257. The molecule has 1 saturated heterocycles. The Morgan fingerprint density at radius 3 is 2.86 bits per heavy atom. The maximum absolute atomic E-state index is 12.6. The number of aryl methyl sites for hydroxylation is 1. The molecular formula is C13H24N4O3S. The number of hydrogen-bond donors (Lipinski definition) is 2. The molecule has 21 heavy (non-hydrogen) atoms. The molecular weight excluding hydrogens is 292 g/mol. The van der Waals surface area contributed by atoms with Crippen molar-refractivity contribution in [1.29, 1.82) is 0 Å². The summed E-state index contributed by atoms with van der Waals surface area (Å²) in [4.78, 5) is 2.30. The van der Waals surface area contributed by atoms with Gasteiger partial charge in [-0.15, -0.1) is 0 Å². The van der Waals surface area contributed by atoms with Crippen molar-refractivity contribution in [3.8, 4) is 0 Å². The van der Waals surface area contributed by atoms with Crippen LogP contribution in [0.3, 0.4) is 0 Å². The summed E-state index contributed by atoms with van der Waals surface area (Å²) in [6.45, 7) is 5.86. The van der Waals surface area contributed by atoms with Gasteiger partial charge in [-0.1, -0.05) is 6.92 Å². The molecule has 2 N–H and O–H groups in total. The zero-order chi connectivity index (χ0) is 15.6. The standard InChI is InChI=1S/C13H24N4O3S/c1-4-17-7-5-6-11(17)8-16(3)21(19,20)13-12(9-18)10(2)14-15-13/h11,18H,4-9H2,1-3H3,(H,14,15). The van der Waals surface area contributed by atoms with Crippen LogP contribution in [0.5, 0.6) is 0 Å². The third-order valence-electron chi connectivity index (χ3n) is 4.22.